The molecule has 0 radical (unpaired) electrons. The number of nitrogens with zero attached hydrogens (tertiary/aromatic N) is 2. The van der Waals surface area contributed by atoms with Gasteiger partial charge in [0.05, 0.1) is 11.1 Å². The number of piperazine rings is 1. The topological polar surface area (TPSA) is 56.4 Å². The summed E-state index contributed by atoms with van der Waals surface area (Å²) in [5, 5.41) is 3.59. The van der Waals surface area contributed by atoms with E-state index in [1.807, 2.05) is 54.6 Å². The third-order valence-corrected chi connectivity index (χ3v) is 7.52. The van der Waals surface area contributed by atoms with Crippen molar-refractivity contribution < 1.29 is 13.6 Å². The second-order valence-corrected chi connectivity index (χ2v) is 9.77. The highest BCUT2D eigenvalue weighted by atomic mass is 35.5. The Hall–Kier alpha value is -4.23. The second kappa shape index (κ2) is 9.26. The SMILES string of the molecule is C=C(F)C(=O)N1CCN(c2ccc3c(=O)[nH]c4cc(-c5cccc6cccc(Cl)c56)ccc4c3c2F)CC1. The summed E-state index contributed by atoms with van der Waals surface area (Å²) in [6.07, 6.45) is 0. The van der Waals surface area contributed by atoms with Crippen molar-refractivity contribution in [3.8, 4) is 11.1 Å². The fourth-order valence-electron chi connectivity index (χ4n) is 5.34. The molecule has 0 saturated carbocycles. The maximum absolute atomic E-state index is 16.1. The van der Waals surface area contributed by atoms with Gasteiger partial charge in [0, 0.05) is 52.9 Å². The maximum atomic E-state index is 16.1. The summed E-state index contributed by atoms with van der Waals surface area (Å²) in [6, 6.07) is 20.4. The van der Waals surface area contributed by atoms with Crippen molar-refractivity contribution in [3.63, 3.8) is 0 Å². The van der Waals surface area contributed by atoms with E-state index in [1.165, 1.54) is 4.90 Å². The van der Waals surface area contributed by atoms with Crippen LogP contribution in [0.1, 0.15) is 0 Å². The van der Waals surface area contributed by atoms with Gasteiger partial charge in [-0.3, -0.25) is 9.59 Å². The van der Waals surface area contributed by atoms with Crippen LogP contribution in [0.3, 0.4) is 0 Å². The van der Waals surface area contributed by atoms with Crippen molar-refractivity contribution in [2.45, 2.75) is 0 Å². The lowest BCUT2D eigenvalue weighted by molar-refractivity contribution is -0.128. The lowest BCUT2D eigenvalue weighted by Crippen LogP contribution is -2.49. The summed E-state index contributed by atoms with van der Waals surface area (Å²) in [7, 11) is 0. The van der Waals surface area contributed by atoms with Crippen molar-refractivity contribution in [1.29, 1.82) is 0 Å². The largest absolute Gasteiger partial charge is 0.366 e. The third kappa shape index (κ3) is 3.90. The second-order valence-electron chi connectivity index (χ2n) is 9.36. The number of hydrogen-bond donors (Lipinski definition) is 1. The third-order valence-electron chi connectivity index (χ3n) is 7.21. The number of H-pyrrole nitrogens is 1. The molecular formula is C30H22ClF2N3O2. The number of anilines is 1. The molecule has 5 aromatic rings. The number of benzene rings is 4. The van der Waals surface area contributed by atoms with Crippen molar-refractivity contribution in [2.24, 2.45) is 0 Å². The molecule has 8 heteroatoms. The van der Waals surface area contributed by atoms with Crippen LogP contribution in [0.5, 0.6) is 0 Å². The number of rotatable bonds is 3. The summed E-state index contributed by atoms with van der Waals surface area (Å²) in [4.78, 5) is 31.0. The van der Waals surface area contributed by atoms with Gasteiger partial charge < -0.3 is 14.8 Å². The molecule has 1 N–H and O–H groups in total. The number of carbonyl (C=O) groups is 1. The Morgan fingerprint density at radius 2 is 1.63 bits per heavy atom. The van der Waals surface area contributed by atoms with Crippen molar-refractivity contribution >= 4 is 55.6 Å². The zero-order chi connectivity index (χ0) is 26.6. The first-order valence-corrected chi connectivity index (χ1v) is 12.6. The molecule has 2 heterocycles. The quantitative estimate of drug-likeness (QED) is 0.216. The highest BCUT2D eigenvalue weighted by Crippen LogP contribution is 2.37. The van der Waals surface area contributed by atoms with Gasteiger partial charge in [0.25, 0.3) is 11.5 Å². The van der Waals surface area contributed by atoms with Crippen LogP contribution in [0.25, 0.3) is 43.6 Å². The zero-order valence-corrected chi connectivity index (χ0v) is 21.0. The summed E-state index contributed by atoms with van der Waals surface area (Å²) >= 11 is 6.53. The predicted octanol–water partition coefficient (Wildman–Crippen LogP) is 6.43. The molecule has 1 saturated heterocycles. The molecule has 5 nitrogen and oxygen atoms in total. The average Bonchev–Trinajstić information content (AvgIpc) is 2.92. The number of pyridine rings is 1. The molecular weight excluding hydrogens is 508 g/mol. The van der Waals surface area contributed by atoms with Gasteiger partial charge in [0.1, 0.15) is 0 Å². The Morgan fingerprint density at radius 1 is 0.921 bits per heavy atom. The van der Waals surface area contributed by atoms with E-state index in [4.69, 9.17) is 11.6 Å². The van der Waals surface area contributed by atoms with Gasteiger partial charge in [0.15, 0.2) is 11.6 Å². The fraction of sp³-hybridized carbons (Fsp3) is 0.133. The number of hydrogen-bond acceptors (Lipinski definition) is 3. The number of fused-ring (bicyclic) bond motifs is 4. The summed E-state index contributed by atoms with van der Waals surface area (Å²) in [5.74, 6) is -2.26. The van der Waals surface area contributed by atoms with E-state index in [0.29, 0.717) is 34.7 Å². The van der Waals surface area contributed by atoms with Gasteiger partial charge in [-0.1, -0.05) is 60.6 Å². The molecule has 1 aliphatic heterocycles. The number of amides is 1. The van der Waals surface area contributed by atoms with Crippen LogP contribution in [0.2, 0.25) is 5.02 Å². The molecule has 4 aromatic carbocycles. The minimum atomic E-state index is -1.01. The number of aromatic nitrogens is 1. The highest BCUT2D eigenvalue weighted by Gasteiger charge is 2.25. The van der Waals surface area contributed by atoms with Crippen LogP contribution in [0.15, 0.2) is 83.9 Å². The van der Waals surface area contributed by atoms with Gasteiger partial charge in [-0.15, -0.1) is 0 Å². The Kier molecular flexibility index (Phi) is 5.88. The Morgan fingerprint density at radius 3 is 2.37 bits per heavy atom. The number of nitrogens with one attached hydrogen (secondary N) is 1. The van der Waals surface area contributed by atoms with Crippen molar-refractivity contribution in [3.05, 3.63) is 100 Å². The Balaban J connectivity index is 1.45. The molecule has 6 rings (SSSR count). The monoisotopic (exact) mass is 529 g/mol. The molecule has 0 atom stereocenters. The summed E-state index contributed by atoms with van der Waals surface area (Å²) in [5.41, 5.74) is 2.21. The van der Waals surface area contributed by atoms with Crippen LogP contribution < -0.4 is 10.5 Å². The zero-order valence-electron chi connectivity index (χ0n) is 20.2. The standard InChI is InChI=1S/C30H22ClF2N3O2/c1-17(32)30(38)36-14-12-35(13-15-36)25-11-10-22-27(28(25)33)21-9-8-19(16-24(21)34-29(22)37)20-6-2-4-18-5-3-7-23(31)26(18)20/h2-11,16H,1,12-15H2,(H,34,37). The first-order chi connectivity index (χ1) is 18.3. The number of aromatic amines is 1. The number of halogens is 3. The summed E-state index contributed by atoms with van der Waals surface area (Å²) in [6.45, 7) is 4.21. The van der Waals surface area contributed by atoms with E-state index in [2.05, 4.69) is 11.6 Å². The fourth-order valence-corrected chi connectivity index (χ4v) is 5.63. The minimum Gasteiger partial charge on any atom is -0.366 e. The molecule has 38 heavy (non-hydrogen) atoms. The summed E-state index contributed by atoms with van der Waals surface area (Å²) < 4.78 is 29.3. The van der Waals surface area contributed by atoms with E-state index in [9.17, 15) is 14.0 Å². The van der Waals surface area contributed by atoms with Crippen LogP contribution in [-0.2, 0) is 4.79 Å². The van der Waals surface area contributed by atoms with Gasteiger partial charge in [-0.05, 0) is 40.8 Å². The lowest BCUT2D eigenvalue weighted by atomic mass is 9.96. The normalized spacial score (nSPS) is 14.0. The molecule has 1 aromatic heterocycles. The molecule has 1 amide bonds. The molecule has 0 aliphatic carbocycles. The van der Waals surface area contributed by atoms with Crippen LogP contribution >= 0.6 is 11.6 Å². The highest BCUT2D eigenvalue weighted by molar-refractivity contribution is 6.36. The molecule has 1 fully saturated rings. The van der Waals surface area contributed by atoms with E-state index in [1.54, 1.807) is 17.0 Å². The first-order valence-electron chi connectivity index (χ1n) is 12.2. The van der Waals surface area contributed by atoms with E-state index < -0.39 is 17.6 Å². The van der Waals surface area contributed by atoms with Crippen LogP contribution in [0.4, 0.5) is 14.5 Å². The lowest BCUT2D eigenvalue weighted by Gasteiger charge is -2.36. The predicted molar refractivity (Wildman–Crippen MR) is 149 cm³/mol. The minimum absolute atomic E-state index is 0.236. The van der Waals surface area contributed by atoms with Crippen LogP contribution in [-0.4, -0.2) is 42.0 Å². The van der Waals surface area contributed by atoms with Crippen molar-refractivity contribution in [2.75, 3.05) is 31.1 Å². The smallest absolute Gasteiger partial charge is 0.282 e. The average molecular weight is 530 g/mol. The molecule has 190 valence electrons. The van der Waals surface area contributed by atoms with Gasteiger partial charge in [-0.25, -0.2) is 8.78 Å². The molecule has 0 unspecified atom stereocenters. The number of carbonyl (C=O) groups excluding carboxylic acids is 1. The first kappa shape index (κ1) is 24.1. The molecule has 0 bridgehead atoms. The van der Waals surface area contributed by atoms with Crippen LogP contribution in [0, 0.1) is 5.82 Å². The van der Waals surface area contributed by atoms with Gasteiger partial charge in [0.2, 0.25) is 0 Å². The van der Waals surface area contributed by atoms with E-state index in [0.717, 1.165) is 21.9 Å². The van der Waals surface area contributed by atoms with Gasteiger partial charge >= 0.3 is 0 Å². The Labute approximate surface area is 221 Å². The maximum Gasteiger partial charge on any atom is 0.282 e. The van der Waals surface area contributed by atoms with Crippen molar-refractivity contribution in [1.82, 2.24) is 9.88 Å². The molecule has 0 spiro atoms. The van der Waals surface area contributed by atoms with Gasteiger partial charge in [-0.2, -0.15) is 0 Å². The van der Waals surface area contributed by atoms with E-state index >= 15 is 4.39 Å². The molecule has 1 aliphatic rings. The van der Waals surface area contributed by atoms with E-state index in [-0.39, 0.29) is 29.4 Å². The Bertz CT molecular complexity index is 1840.